The Bertz CT molecular complexity index is 3140. The Labute approximate surface area is 323 Å². The summed E-state index contributed by atoms with van der Waals surface area (Å²) in [5.74, 6) is 0.637. The largest absolute Gasteiger partial charge is 0.309 e. The smallest absolute Gasteiger partial charge is 0.162 e. The monoisotopic (exact) mass is 715 g/mol. The highest BCUT2D eigenvalue weighted by molar-refractivity contribution is 6.11. The van der Waals surface area contributed by atoms with E-state index in [9.17, 15) is 0 Å². The van der Waals surface area contributed by atoms with Gasteiger partial charge in [0.25, 0.3) is 0 Å². The van der Waals surface area contributed by atoms with E-state index >= 15 is 0 Å². The molecule has 0 N–H and O–H groups in total. The highest BCUT2D eigenvalue weighted by Gasteiger charge is 2.19. The van der Waals surface area contributed by atoms with Crippen molar-refractivity contribution in [3.8, 4) is 56.5 Å². The van der Waals surface area contributed by atoms with Crippen LogP contribution in [0.4, 0.5) is 0 Å². The van der Waals surface area contributed by atoms with Gasteiger partial charge in [0.15, 0.2) is 5.82 Å². The zero-order valence-electron chi connectivity index (χ0n) is 30.3. The van der Waals surface area contributed by atoms with Crippen LogP contribution >= 0.6 is 0 Å². The fraction of sp³-hybridized carbons (Fsp3) is 0. The van der Waals surface area contributed by atoms with Crippen LogP contribution in [0.5, 0.6) is 0 Å². The van der Waals surface area contributed by atoms with Crippen LogP contribution in [-0.2, 0) is 0 Å². The van der Waals surface area contributed by atoms with Gasteiger partial charge in [-0.05, 0) is 66.7 Å². The number of benzene rings is 7. The summed E-state index contributed by atoms with van der Waals surface area (Å²) in [7, 11) is 0. The molecule has 0 aliphatic rings. The molecule has 0 fully saturated rings. The number of aromatic nitrogens is 5. The van der Waals surface area contributed by atoms with Crippen molar-refractivity contribution < 1.29 is 0 Å². The number of para-hydroxylation sites is 3. The van der Waals surface area contributed by atoms with Gasteiger partial charge in [-0.3, -0.25) is 4.98 Å². The van der Waals surface area contributed by atoms with Crippen LogP contribution in [0.2, 0.25) is 0 Å². The minimum atomic E-state index is 0.637. The fourth-order valence-electron chi connectivity index (χ4n) is 8.27. The first kappa shape index (κ1) is 31.9. The predicted molar refractivity (Wildman–Crippen MR) is 230 cm³/mol. The van der Waals surface area contributed by atoms with Gasteiger partial charge >= 0.3 is 0 Å². The topological polar surface area (TPSA) is 48.5 Å². The van der Waals surface area contributed by atoms with E-state index < -0.39 is 0 Å². The lowest BCUT2D eigenvalue weighted by Crippen LogP contribution is -1.99. The summed E-state index contributed by atoms with van der Waals surface area (Å²) >= 11 is 0. The molecule has 0 unspecified atom stereocenters. The quantitative estimate of drug-likeness (QED) is 0.172. The van der Waals surface area contributed by atoms with Gasteiger partial charge in [-0.1, -0.05) is 127 Å². The van der Waals surface area contributed by atoms with Crippen molar-refractivity contribution in [2.75, 3.05) is 0 Å². The molecule has 0 bridgehead atoms. The summed E-state index contributed by atoms with van der Waals surface area (Å²) in [4.78, 5) is 15.3. The molecular weight excluding hydrogens is 683 g/mol. The van der Waals surface area contributed by atoms with Crippen LogP contribution in [0.1, 0.15) is 0 Å². The van der Waals surface area contributed by atoms with Gasteiger partial charge in [-0.2, -0.15) is 0 Å². The van der Waals surface area contributed by atoms with Gasteiger partial charge in [0.05, 0.1) is 39.1 Å². The first-order chi connectivity index (χ1) is 27.8. The normalized spacial score (nSPS) is 11.6. The van der Waals surface area contributed by atoms with Crippen molar-refractivity contribution >= 4 is 43.6 Å². The van der Waals surface area contributed by atoms with Crippen LogP contribution < -0.4 is 0 Å². The van der Waals surface area contributed by atoms with Crippen LogP contribution in [0, 0.1) is 0 Å². The van der Waals surface area contributed by atoms with Crippen molar-refractivity contribution in [3.05, 3.63) is 200 Å². The predicted octanol–water partition coefficient (Wildman–Crippen LogP) is 12.7. The third-order valence-electron chi connectivity index (χ3n) is 10.8. The van der Waals surface area contributed by atoms with Crippen molar-refractivity contribution in [3.63, 3.8) is 0 Å². The molecule has 5 heteroatoms. The molecule has 0 spiro atoms. The first-order valence-corrected chi connectivity index (χ1v) is 18.9. The maximum Gasteiger partial charge on any atom is 0.162 e. The number of hydrogen-bond acceptors (Lipinski definition) is 3. The molecule has 0 aliphatic carbocycles. The zero-order chi connectivity index (χ0) is 37.0. The second-order valence-electron chi connectivity index (χ2n) is 14.1. The fourth-order valence-corrected chi connectivity index (χ4v) is 8.27. The van der Waals surface area contributed by atoms with Gasteiger partial charge in [0, 0.05) is 61.4 Å². The van der Waals surface area contributed by atoms with Gasteiger partial charge < -0.3 is 9.13 Å². The number of rotatable bonds is 6. The van der Waals surface area contributed by atoms with E-state index in [0.29, 0.717) is 5.82 Å². The summed E-state index contributed by atoms with van der Waals surface area (Å²) in [6.45, 7) is 0. The lowest BCUT2D eigenvalue weighted by molar-refractivity contribution is 1.13. The van der Waals surface area contributed by atoms with Crippen molar-refractivity contribution in [2.45, 2.75) is 0 Å². The van der Waals surface area contributed by atoms with E-state index in [1.807, 2.05) is 48.7 Å². The molecule has 0 radical (unpaired) electrons. The third-order valence-corrected chi connectivity index (χ3v) is 10.8. The number of nitrogens with zero attached hydrogens (tertiary/aromatic N) is 5. The Hall–Kier alpha value is -7.63. The molecule has 0 saturated heterocycles. The molecular formula is C51H33N5. The van der Waals surface area contributed by atoms with Crippen LogP contribution in [0.25, 0.3) is 100 Å². The van der Waals surface area contributed by atoms with E-state index in [1.54, 1.807) is 0 Å². The van der Waals surface area contributed by atoms with Gasteiger partial charge in [0.1, 0.15) is 0 Å². The van der Waals surface area contributed by atoms with E-state index in [4.69, 9.17) is 15.0 Å². The first-order valence-electron chi connectivity index (χ1n) is 18.9. The minimum Gasteiger partial charge on any atom is -0.309 e. The summed E-state index contributed by atoms with van der Waals surface area (Å²) in [6, 6.07) is 68.2. The molecule has 0 atom stereocenters. The number of fused-ring (bicyclic) bond motifs is 6. The molecule has 0 saturated carbocycles. The van der Waals surface area contributed by atoms with Gasteiger partial charge in [-0.15, -0.1) is 0 Å². The standard InChI is InChI=1S/C51H33N5/c1-3-15-34(16-4-1)44-33-45(35-17-5-2-6-18-35)54-51(53-44)42-24-14-30-52-50(42)36-28-29-49-43(31-36)41-23-9-12-27-48(41)56(49)38-20-13-19-37(32-38)55-46-25-10-7-21-39(46)40-22-8-11-26-47(40)55/h1-33H. The zero-order valence-corrected chi connectivity index (χ0v) is 30.3. The lowest BCUT2D eigenvalue weighted by Gasteiger charge is -2.13. The molecule has 56 heavy (non-hydrogen) atoms. The summed E-state index contributed by atoms with van der Waals surface area (Å²) < 4.78 is 4.75. The van der Waals surface area contributed by atoms with E-state index in [1.165, 1.54) is 27.2 Å². The van der Waals surface area contributed by atoms with Gasteiger partial charge in [0.2, 0.25) is 0 Å². The second kappa shape index (κ2) is 13.0. The van der Waals surface area contributed by atoms with Crippen LogP contribution in [0.3, 0.4) is 0 Å². The maximum absolute atomic E-state index is 5.15. The molecule has 4 aromatic heterocycles. The third kappa shape index (κ3) is 5.21. The summed E-state index contributed by atoms with van der Waals surface area (Å²) in [5.41, 5.74) is 13.4. The Morgan fingerprint density at radius 3 is 1.41 bits per heavy atom. The van der Waals surface area contributed by atoms with Gasteiger partial charge in [-0.25, -0.2) is 9.97 Å². The Morgan fingerprint density at radius 2 is 0.839 bits per heavy atom. The average Bonchev–Trinajstić information content (AvgIpc) is 3.80. The van der Waals surface area contributed by atoms with Crippen molar-refractivity contribution in [2.24, 2.45) is 0 Å². The van der Waals surface area contributed by atoms with E-state index in [-0.39, 0.29) is 0 Å². The molecule has 11 aromatic rings. The summed E-state index contributed by atoms with van der Waals surface area (Å²) in [5, 5.41) is 4.83. The Morgan fingerprint density at radius 1 is 0.339 bits per heavy atom. The minimum absolute atomic E-state index is 0.637. The SMILES string of the molecule is c1ccc(-c2cc(-c3ccccc3)nc(-c3cccnc3-c3ccc4c(c3)c3ccccc3n4-c3cccc(-n4c5ccccc5c5ccccc54)c3)n2)cc1. The average molecular weight is 716 g/mol. The highest BCUT2D eigenvalue weighted by atomic mass is 15.0. The van der Waals surface area contributed by atoms with Crippen LogP contribution in [-0.4, -0.2) is 24.1 Å². The molecule has 0 amide bonds. The molecule has 11 rings (SSSR count). The molecule has 7 aromatic carbocycles. The lowest BCUT2D eigenvalue weighted by atomic mass is 10.0. The van der Waals surface area contributed by atoms with Crippen molar-refractivity contribution in [1.82, 2.24) is 24.1 Å². The second-order valence-corrected chi connectivity index (χ2v) is 14.1. The number of pyridine rings is 1. The maximum atomic E-state index is 5.15. The Balaban J connectivity index is 1.07. The van der Waals surface area contributed by atoms with E-state index in [0.717, 1.165) is 67.1 Å². The summed E-state index contributed by atoms with van der Waals surface area (Å²) in [6.07, 6.45) is 1.85. The molecule has 262 valence electrons. The van der Waals surface area contributed by atoms with Crippen LogP contribution in [0.15, 0.2) is 200 Å². The van der Waals surface area contributed by atoms with E-state index in [2.05, 4.69) is 161 Å². The molecule has 4 heterocycles. The molecule has 0 aliphatic heterocycles. The number of hydrogen-bond donors (Lipinski definition) is 0. The van der Waals surface area contributed by atoms with Crippen molar-refractivity contribution in [1.29, 1.82) is 0 Å². The molecule has 5 nitrogen and oxygen atoms in total. The Kier molecular flexibility index (Phi) is 7.42. The highest BCUT2D eigenvalue weighted by Crippen LogP contribution is 2.39.